The number of hydrogen-bond acceptors (Lipinski definition) is 4. The van der Waals surface area contributed by atoms with E-state index in [1.807, 2.05) is 28.0 Å². The van der Waals surface area contributed by atoms with E-state index in [9.17, 15) is 14.7 Å². The minimum Gasteiger partial charge on any atom is -0.493 e. The van der Waals surface area contributed by atoms with Crippen LogP contribution in [-0.2, 0) is 11.2 Å². The second-order valence-corrected chi connectivity index (χ2v) is 9.36. The molecule has 0 radical (unpaired) electrons. The number of aliphatic hydroxyl groups excluding tert-OH is 1. The maximum absolute atomic E-state index is 13.2. The predicted molar refractivity (Wildman–Crippen MR) is 108 cm³/mol. The quantitative estimate of drug-likeness (QED) is 0.848. The second-order valence-electron chi connectivity index (χ2n) is 9.36. The average molecular weight is 399 g/mol. The van der Waals surface area contributed by atoms with Gasteiger partial charge in [-0.2, -0.15) is 0 Å². The number of carbonyl (C=O) groups is 2. The first kappa shape index (κ1) is 18.9. The lowest BCUT2D eigenvalue weighted by molar-refractivity contribution is -0.156. The molecule has 3 heterocycles. The first-order valence-electron chi connectivity index (χ1n) is 11.1. The molecule has 6 nitrogen and oxygen atoms in total. The molecule has 2 saturated heterocycles. The summed E-state index contributed by atoms with van der Waals surface area (Å²) in [5.41, 5.74) is 1.32. The van der Waals surface area contributed by atoms with Gasteiger partial charge in [-0.3, -0.25) is 9.59 Å². The van der Waals surface area contributed by atoms with Crippen molar-refractivity contribution in [2.75, 3.05) is 32.8 Å². The van der Waals surface area contributed by atoms with Crippen LogP contribution in [0, 0.1) is 11.3 Å². The largest absolute Gasteiger partial charge is 0.493 e. The fraction of sp³-hybridized carbons (Fsp3) is 0.652. The maximum Gasteiger partial charge on any atom is 0.253 e. The van der Waals surface area contributed by atoms with Gasteiger partial charge in [-0.25, -0.2) is 0 Å². The highest BCUT2D eigenvalue weighted by Gasteiger charge is 2.49. The van der Waals surface area contributed by atoms with Crippen LogP contribution in [0.15, 0.2) is 18.2 Å². The summed E-state index contributed by atoms with van der Waals surface area (Å²) in [6, 6.07) is 5.72. The zero-order valence-corrected chi connectivity index (χ0v) is 16.9. The number of likely N-dealkylation sites (tertiary alicyclic amines) is 2. The smallest absolute Gasteiger partial charge is 0.253 e. The highest BCUT2D eigenvalue weighted by molar-refractivity contribution is 5.95. The van der Waals surface area contributed by atoms with Gasteiger partial charge in [-0.05, 0) is 74.6 Å². The van der Waals surface area contributed by atoms with Gasteiger partial charge in [-0.15, -0.1) is 0 Å². The average Bonchev–Trinajstić information content (AvgIpc) is 3.55. The third-order valence-corrected chi connectivity index (χ3v) is 7.14. The van der Waals surface area contributed by atoms with Crippen molar-refractivity contribution in [3.63, 3.8) is 0 Å². The van der Waals surface area contributed by atoms with Gasteiger partial charge in [0.1, 0.15) is 5.75 Å². The summed E-state index contributed by atoms with van der Waals surface area (Å²) in [6.07, 6.45) is 5.69. The molecule has 1 unspecified atom stereocenters. The van der Waals surface area contributed by atoms with Crippen LogP contribution in [0.25, 0.3) is 0 Å². The van der Waals surface area contributed by atoms with Crippen LogP contribution < -0.4 is 4.74 Å². The standard InChI is InChI=1S/C23H30N2O4/c26-19-13-23(22(28)25(15-19)14-16-3-4-16)7-9-24(10-8-23)21(27)18-5-6-20-17(12-18)2-1-11-29-20/h5-6,12,16,19,26H,1-4,7-11,13-15H2. The van der Waals surface area contributed by atoms with E-state index in [1.54, 1.807) is 0 Å². The summed E-state index contributed by atoms with van der Waals surface area (Å²) in [5, 5.41) is 10.4. The number of amides is 2. The van der Waals surface area contributed by atoms with E-state index >= 15 is 0 Å². The monoisotopic (exact) mass is 398 g/mol. The number of nitrogens with zero attached hydrogens (tertiary/aromatic N) is 2. The number of β-amino-alcohol motifs (C(OH)–C–C–N with tert-alkyl or cyclic N) is 1. The lowest BCUT2D eigenvalue weighted by atomic mass is 9.70. The van der Waals surface area contributed by atoms with Gasteiger partial charge in [0, 0.05) is 31.7 Å². The SMILES string of the molecule is O=C(c1ccc2c(c1)CCCO2)N1CCC2(CC1)CC(O)CN(CC1CC1)C2=O. The predicted octanol–water partition coefficient (Wildman–Crippen LogP) is 2.24. The zero-order valence-electron chi connectivity index (χ0n) is 16.9. The summed E-state index contributed by atoms with van der Waals surface area (Å²) in [4.78, 5) is 30.0. The van der Waals surface area contributed by atoms with Crippen LogP contribution in [0.1, 0.15) is 54.4 Å². The van der Waals surface area contributed by atoms with Crippen molar-refractivity contribution < 1.29 is 19.4 Å². The van der Waals surface area contributed by atoms with Crippen LogP contribution >= 0.6 is 0 Å². The van der Waals surface area contributed by atoms with Crippen molar-refractivity contribution in [2.24, 2.45) is 11.3 Å². The molecule has 2 amide bonds. The Labute approximate surface area is 171 Å². The molecule has 5 rings (SSSR count). The highest BCUT2D eigenvalue weighted by Crippen LogP contribution is 2.43. The Morgan fingerprint density at radius 3 is 2.79 bits per heavy atom. The summed E-state index contributed by atoms with van der Waals surface area (Å²) in [7, 11) is 0. The first-order chi connectivity index (χ1) is 14.0. The van der Waals surface area contributed by atoms with Gasteiger partial charge in [0.15, 0.2) is 0 Å². The second kappa shape index (κ2) is 7.31. The minimum atomic E-state index is -0.493. The Hall–Kier alpha value is -2.08. The van der Waals surface area contributed by atoms with Crippen LogP contribution in [0.5, 0.6) is 5.75 Å². The Kier molecular flexibility index (Phi) is 4.77. The molecule has 29 heavy (non-hydrogen) atoms. The van der Waals surface area contributed by atoms with Crippen LogP contribution in [0.3, 0.4) is 0 Å². The summed E-state index contributed by atoms with van der Waals surface area (Å²) in [5.74, 6) is 1.75. The number of benzene rings is 1. The van der Waals surface area contributed by atoms with Crippen molar-refractivity contribution in [3.05, 3.63) is 29.3 Å². The van der Waals surface area contributed by atoms with Gasteiger partial charge in [0.25, 0.3) is 5.91 Å². The van der Waals surface area contributed by atoms with Crippen molar-refractivity contribution in [1.82, 2.24) is 9.80 Å². The number of hydrogen-bond donors (Lipinski definition) is 1. The fourth-order valence-corrected chi connectivity index (χ4v) is 5.28. The van der Waals surface area contributed by atoms with E-state index in [0.29, 0.717) is 50.4 Å². The number of rotatable bonds is 3. The molecule has 4 aliphatic rings. The van der Waals surface area contributed by atoms with Gasteiger partial charge in [-0.1, -0.05) is 0 Å². The minimum absolute atomic E-state index is 0.0341. The number of aryl methyl sites for hydroxylation is 1. The van der Waals surface area contributed by atoms with E-state index in [2.05, 4.69) is 0 Å². The lowest BCUT2D eigenvalue weighted by Crippen LogP contribution is -2.58. The first-order valence-corrected chi connectivity index (χ1v) is 11.1. The molecule has 6 heteroatoms. The van der Waals surface area contributed by atoms with Crippen LogP contribution in [0.4, 0.5) is 0 Å². The van der Waals surface area contributed by atoms with Gasteiger partial charge in [0.2, 0.25) is 5.91 Å². The number of piperidine rings is 2. The van der Waals surface area contributed by atoms with Crippen LogP contribution in [-0.4, -0.2) is 65.6 Å². The molecule has 1 atom stereocenters. The molecular weight excluding hydrogens is 368 g/mol. The third kappa shape index (κ3) is 3.63. The zero-order chi connectivity index (χ0) is 20.0. The molecular formula is C23H30N2O4. The topological polar surface area (TPSA) is 70.1 Å². The van der Waals surface area contributed by atoms with Crippen molar-refractivity contribution in [3.8, 4) is 5.75 Å². The molecule has 3 aliphatic heterocycles. The number of carbonyl (C=O) groups excluding carboxylic acids is 2. The molecule has 3 fully saturated rings. The van der Waals surface area contributed by atoms with E-state index in [4.69, 9.17) is 4.74 Å². The Bertz CT molecular complexity index is 809. The van der Waals surface area contributed by atoms with Crippen molar-refractivity contribution >= 4 is 11.8 Å². The third-order valence-electron chi connectivity index (χ3n) is 7.14. The fourth-order valence-electron chi connectivity index (χ4n) is 5.28. The van der Waals surface area contributed by atoms with Gasteiger partial charge in [0.05, 0.1) is 18.1 Å². The lowest BCUT2D eigenvalue weighted by Gasteiger charge is -2.48. The van der Waals surface area contributed by atoms with E-state index in [-0.39, 0.29) is 11.8 Å². The molecule has 1 N–H and O–H groups in total. The van der Waals surface area contributed by atoms with Crippen LogP contribution in [0.2, 0.25) is 0 Å². The summed E-state index contributed by atoms with van der Waals surface area (Å²) >= 11 is 0. The number of aliphatic hydroxyl groups is 1. The maximum atomic E-state index is 13.2. The molecule has 1 saturated carbocycles. The number of fused-ring (bicyclic) bond motifs is 1. The number of ether oxygens (including phenoxy) is 1. The molecule has 0 aromatic heterocycles. The van der Waals surface area contributed by atoms with E-state index in [1.165, 1.54) is 12.8 Å². The van der Waals surface area contributed by atoms with E-state index < -0.39 is 11.5 Å². The highest BCUT2D eigenvalue weighted by atomic mass is 16.5. The molecule has 1 spiro atoms. The molecule has 0 bridgehead atoms. The van der Waals surface area contributed by atoms with E-state index in [0.717, 1.165) is 37.3 Å². The van der Waals surface area contributed by atoms with Gasteiger partial charge < -0.3 is 19.6 Å². The molecule has 156 valence electrons. The van der Waals surface area contributed by atoms with Gasteiger partial charge >= 0.3 is 0 Å². The van der Waals surface area contributed by atoms with Crippen molar-refractivity contribution in [2.45, 2.75) is 51.0 Å². The molecule has 1 aliphatic carbocycles. The molecule has 1 aromatic rings. The Balaban J connectivity index is 1.27. The summed E-state index contributed by atoms with van der Waals surface area (Å²) in [6.45, 7) is 3.14. The van der Waals surface area contributed by atoms with Crippen molar-refractivity contribution in [1.29, 1.82) is 0 Å². The summed E-state index contributed by atoms with van der Waals surface area (Å²) < 4.78 is 5.65. The Morgan fingerprint density at radius 2 is 2.03 bits per heavy atom. The Morgan fingerprint density at radius 1 is 1.24 bits per heavy atom. The molecule has 1 aromatic carbocycles. The normalized spacial score (nSPS) is 26.2.